The van der Waals surface area contributed by atoms with Crippen LogP contribution in [0.5, 0.6) is 0 Å². The molecule has 4 radical (unpaired) electrons. The normalized spacial score (nSPS) is 0. The standard InChI is InChI=1S/Al.Co.2Ni. The molecule has 4 heavy (non-hydrogen) atoms. The predicted octanol–water partition coefficient (Wildman–Crippen LogP) is -0.388. The van der Waals surface area contributed by atoms with Gasteiger partial charge in [-0.25, -0.2) is 0 Å². The minimum atomic E-state index is 0. The van der Waals surface area contributed by atoms with E-state index in [-0.39, 0.29) is 67.1 Å². The van der Waals surface area contributed by atoms with Crippen molar-refractivity contribution in [2.45, 2.75) is 0 Å². The Kier molecular flexibility index (Phi) is 184. The summed E-state index contributed by atoms with van der Waals surface area (Å²) in [6.07, 6.45) is 0. The van der Waals surface area contributed by atoms with Crippen molar-refractivity contribution in [1.29, 1.82) is 0 Å². The second-order valence-electron chi connectivity index (χ2n) is 0. The van der Waals surface area contributed by atoms with E-state index >= 15 is 0 Å². The molecule has 0 aliphatic rings. The van der Waals surface area contributed by atoms with E-state index in [2.05, 4.69) is 0 Å². The van der Waals surface area contributed by atoms with E-state index in [1.807, 2.05) is 0 Å². The van der Waals surface area contributed by atoms with Gasteiger partial charge < -0.3 is 0 Å². The summed E-state index contributed by atoms with van der Waals surface area (Å²) in [7, 11) is 0. The van der Waals surface area contributed by atoms with Gasteiger partial charge in [0.25, 0.3) is 0 Å². The summed E-state index contributed by atoms with van der Waals surface area (Å²) in [5.74, 6) is 0. The Morgan fingerprint density at radius 3 is 0.750 bits per heavy atom. The summed E-state index contributed by atoms with van der Waals surface area (Å²) in [4.78, 5) is 0. The molecule has 0 heterocycles. The van der Waals surface area contributed by atoms with E-state index < -0.39 is 0 Å². The molecule has 0 amide bonds. The Morgan fingerprint density at radius 1 is 0.750 bits per heavy atom. The quantitative estimate of drug-likeness (QED) is 0.471. The van der Waals surface area contributed by atoms with Crippen LogP contribution in [0.15, 0.2) is 0 Å². The zero-order valence-corrected chi connectivity index (χ0v) is 5.71. The fourth-order valence-corrected chi connectivity index (χ4v) is 0. The minimum absolute atomic E-state index is 0. The second-order valence-corrected chi connectivity index (χ2v) is 0. The van der Waals surface area contributed by atoms with Crippen molar-refractivity contribution < 1.29 is 49.8 Å². The van der Waals surface area contributed by atoms with E-state index in [0.717, 1.165) is 0 Å². The van der Waals surface area contributed by atoms with Crippen LogP contribution in [-0.4, -0.2) is 17.4 Å². The van der Waals surface area contributed by atoms with E-state index in [1.54, 1.807) is 0 Å². The fraction of sp³-hybridized carbons (Fsp3) is 0. The third kappa shape index (κ3) is 8.98. The first kappa shape index (κ1) is 37.1. The van der Waals surface area contributed by atoms with Crippen molar-refractivity contribution in [3.05, 3.63) is 0 Å². The fourth-order valence-electron chi connectivity index (χ4n) is 0. The van der Waals surface area contributed by atoms with Gasteiger partial charge in [-0.3, -0.25) is 0 Å². The van der Waals surface area contributed by atoms with Gasteiger partial charge in [0.2, 0.25) is 0 Å². The molecule has 0 fully saturated rings. The van der Waals surface area contributed by atoms with E-state index in [1.165, 1.54) is 0 Å². The van der Waals surface area contributed by atoms with Crippen LogP contribution in [0.3, 0.4) is 0 Å². The van der Waals surface area contributed by atoms with Crippen LogP contribution in [0.2, 0.25) is 0 Å². The van der Waals surface area contributed by atoms with Gasteiger partial charge in [-0.05, 0) is 0 Å². The summed E-state index contributed by atoms with van der Waals surface area (Å²) < 4.78 is 0. The molecule has 0 aromatic rings. The monoisotopic (exact) mass is 202 g/mol. The zero-order valence-electron chi connectivity index (χ0n) is 1.54. The molecule has 32 valence electrons. The van der Waals surface area contributed by atoms with Gasteiger partial charge in [-0.2, -0.15) is 0 Å². The van der Waals surface area contributed by atoms with Crippen molar-refractivity contribution in [2.24, 2.45) is 0 Å². The molecule has 0 aromatic carbocycles. The maximum atomic E-state index is 0. The van der Waals surface area contributed by atoms with Gasteiger partial charge in [0.15, 0.2) is 0 Å². The molecule has 0 rings (SSSR count). The molecule has 0 N–H and O–H groups in total. The maximum absolute atomic E-state index is 0. The Hall–Kier alpha value is 2.03. The molecule has 0 nitrogen and oxygen atoms in total. The van der Waals surface area contributed by atoms with Crippen LogP contribution in [0.4, 0.5) is 0 Å². The van der Waals surface area contributed by atoms with Gasteiger partial charge in [0.05, 0.1) is 0 Å². The number of hydrogen-bond donors (Lipinski definition) is 0. The second kappa shape index (κ2) is 19.8. The molecular weight excluding hydrogens is 203 g/mol. The van der Waals surface area contributed by atoms with Crippen molar-refractivity contribution in [3.8, 4) is 0 Å². The van der Waals surface area contributed by atoms with Crippen LogP contribution in [-0.2, 0) is 49.8 Å². The maximum Gasteiger partial charge on any atom is 0 e. The molecule has 0 atom stereocenters. The molecule has 0 aliphatic carbocycles. The van der Waals surface area contributed by atoms with Crippen LogP contribution >= 0.6 is 0 Å². The van der Waals surface area contributed by atoms with Crippen molar-refractivity contribution in [3.63, 3.8) is 0 Å². The van der Waals surface area contributed by atoms with Gasteiger partial charge in [0.1, 0.15) is 0 Å². The largest absolute Gasteiger partial charge is 0 e. The Morgan fingerprint density at radius 2 is 0.750 bits per heavy atom. The molecule has 0 aliphatic heterocycles. The molecule has 0 bridgehead atoms. The average Bonchev–Trinajstić information content (AvgIpc) is 0. The molecule has 0 saturated heterocycles. The third-order valence-electron chi connectivity index (χ3n) is 0. The van der Waals surface area contributed by atoms with Crippen molar-refractivity contribution in [2.75, 3.05) is 0 Å². The number of hydrogen-bond acceptors (Lipinski definition) is 0. The molecule has 0 aromatic heterocycles. The summed E-state index contributed by atoms with van der Waals surface area (Å²) in [5.41, 5.74) is 0. The predicted molar refractivity (Wildman–Crippen MR) is 5.75 cm³/mol. The SMILES string of the molecule is [Al].[Co].[Ni].[Ni]. The van der Waals surface area contributed by atoms with Gasteiger partial charge in [0, 0.05) is 67.1 Å². The van der Waals surface area contributed by atoms with Gasteiger partial charge in [-0.1, -0.05) is 0 Å². The Balaban J connectivity index is 0. The van der Waals surface area contributed by atoms with Crippen molar-refractivity contribution in [1.82, 2.24) is 0 Å². The van der Waals surface area contributed by atoms with E-state index in [9.17, 15) is 0 Å². The van der Waals surface area contributed by atoms with E-state index in [0.29, 0.717) is 0 Å². The molecule has 0 saturated carbocycles. The average molecular weight is 203 g/mol. The first-order valence-corrected chi connectivity index (χ1v) is 0. The van der Waals surface area contributed by atoms with Crippen LogP contribution < -0.4 is 0 Å². The number of rotatable bonds is 0. The molecular formula is AlCoNi2. The van der Waals surface area contributed by atoms with Crippen LogP contribution in [0, 0.1) is 0 Å². The molecule has 4 heteroatoms. The van der Waals surface area contributed by atoms with Crippen LogP contribution in [0.1, 0.15) is 0 Å². The summed E-state index contributed by atoms with van der Waals surface area (Å²) in [5, 5.41) is 0. The van der Waals surface area contributed by atoms with Crippen LogP contribution in [0.25, 0.3) is 0 Å². The van der Waals surface area contributed by atoms with E-state index in [4.69, 9.17) is 0 Å². The molecule has 0 unspecified atom stereocenters. The topological polar surface area (TPSA) is 0 Å². The Bertz CT molecular complexity index is 6.00. The third-order valence-corrected chi connectivity index (χ3v) is 0. The zero-order chi connectivity index (χ0) is 0. The Labute approximate surface area is 66.7 Å². The van der Waals surface area contributed by atoms with Crippen molar-refractivity contribution >= 4 is 17.4 Å². The first-order valence-electron chi connectivity index (χ1n) is 0. The minimum Gasteiger partial charge on any atom is 0 e. The summed E-state index contributed by atoms with van der Waals surface area (Å²) in [6.45, 7) is 0. The summed E-state index contributed by atoms with van der Waals surface area (Å²) >= 11 is 0. The van der Waals surface area contributed by atoms with Gasteiger partial charge >= 0.3 is 0 Å². The summed E-state index contributed by atoms with van der Waals surface area (Å²) in [6, 6.07) is 0. The molecule has 0 spiro atoms. The smallest absolute Gasteiger partial charge is 0 e. The first-order chi connectivity index (χ1) is 0. The van der Waals surface area contributed by atoms with Gasteiger partial charge in [-0.15, -0.1) is 0 Å².